The number of carboxylic acids is 1. The van der Waals surface area contributed by atoms with E-state index in [2.05, 4.69) is 5.32 Å². The minimum Gasteiger partial charge on any atom is -0.497 e. The monoisotopic (exact) mass is 317 g/mol. The quantitative estimate of drug-likeness (QED) is 0.781. The van der Waals surface area contributed by atoms with Crippen molar-refractivity contribution >= 4 is 11.9 Å². The van der Waals surface area contributed by atoms with Gasteiger partial charge in [-0.25, -0.2) is 0 Å². The third-order valence-electron chi connectivity index (χ3n) is 3.48. The van der Waals surface area contributed by atoms with Crippen molar-refractivity contribution in [2.24, 2.45) is 0 Å². The molecule has 6 heteroatoms. The zero-order valence-corrected chi connectivity index (χ0v) is 12.8. The number of carboxylic acid groups (broad SMARTS) is 1. The van der Waals surface area contributed by atoms with Crippen LogP contribution in [-0.4, -0.2) is 24.1 Å². The Morgan fingerprint density at radius 2 is 1.96 bits per heavy atom. The number of carbonyl (C=O) groups is 2. The summed E-state index contributed by atoms with van der Waals surface area (Å²) >= 11 is 0. The molecule has 122 valence electrons. The minimum absolute atomic E-state index is 0.0966. The lowest BCUT2D eigenvalue weighted by molar-refractivity contribution is -0.137. The Balaban J connectivity index is 1.99. The zero-order valence-electron chi connectivity index (χ0n) is 12.8. The standard InChI is InChI=1S/C17H19NO5/c1-22-14-6-4-12(5-7-14)13(10-17(20)21)9-16(19)18-11-15-3-2-8-23-15/h2-8,13H,9-11H2,1H3,(H,18,19)(H,20,21)/t13-/m0/s1. The molecule has 1 aromatic carbocycles. The number of carbonyl (C=O) groups excluding carboxylic acids is 1. The van der Waals surface area contributed by atoms with Crippen LogP contribution in [0.3, 0.4) is 0 Å². The van der Waals surface area contributed by atoms with E-state index >= 15 is 0 Å². The summed E-state index contributed by atoms with van der Waals surface area (Å²) in [7, 11) is 1.56. The maximum absolute atomic E-state index is 12.1. The maximum Gasteiger partial charge on any atom is 0.303 e. The summed E-state index contributed by atoms with van der Waals surface area (Å²) in [6.45, 7) is 0.286. The van der Waals surface area contributed by atoms with Gasteiger partial charge in [0.25, 0.3) is 0 Å². The van der Waals surface area contributed by atoms with Gasteiger partial charge in [-0.1, -0.05) is 12.1 Å². The Morgan fingerprint density at radius 3 is 2.52 bits per heavy atom. The number of aliphatic carboxylic acids is 1. The lowest BCUT2D eigenvalue weighted by Gasteiger charge is -2.15. The Hall–Kier alpha value is -2.76. The number of hydrogen-bond donors (Lipinski definition) is 2. The number of furan rings is 1. The molecule has 2 aromatic rings. The Morgan fingerprint density at radius 1 is 1.22 bits per heavy atom. The summed E-state index contributed by atoms with van der Waals surface area (Å²) in [5, 5.41) is 11.8. The molecule has 0 aliphatic carbocycles. The molecule has 0 saturated carbocycles. The van der Waals surface area contributed by atoms with Crippen LogP contribution in [0.25, 0.3) is 0 Å². The first-order valence-corrected chi connectivity index (χ1v) is 7.23. The molecule has 2 rings (SSSR count). The van der Waals surface area contributed by atoms with E-state index in [1.54, 1.807) is 43.5 Å². The molecule has 0 aliphatic rings. The summed E-state index contributed by atoms with van der Waals surface area (Å²) in [6, 6.07) is 10.6. The van der Waals surface area contributed by atoms with Crippen LogP contribution in [0.2, 0.25) is 0 Å². The second-order valence-electron chi connectivity index (χ2n) is 5.13. The number of amides is 1. The van der Waals surface area contributed by atoms with Crippen LogP contribution in [0, 0.1) is 0 Å². The normalized spacial score (nSPS) is 11.7. The van der Waals surface area contributed by atoms with Gasteiger partial charge in [0.1, 0.15) is 11.5 Å². The number of methoxy groups -OCH3 is 1. The first-order valence-electron chi connectivity index (χ1n) is 7.23. The van der Waals surface area contributed by atoms with Crippen molar-refractivity contribution in [3.8, 4) is 5.75 Å². The van der Waals surface area contributed by atoms with Gasteiger partial charge in [-0.05, 0) is 29.8 Å². The Labute approximate surface area is 134 Å². The van der Waals surface area contributed by atoms with Crippen molar-refractivity contribution in [3.63, 3.8) is 0 Å². The molecule has 0 spiro atoms. The van der Waals surface area contributed by atoms with E-state index in [4.69, 9.17) is 14.3 Å². The topological polar surface area (TPSA) is 88.8 Å². The van der Waals surface area contributed by atoms with Crippen LogP contribution in [0.15, 0.2) is 47.1 Å². The summed E-state index contributed by atoms with van der Waals surface area (Å²) in [4.78, 5) is 23.1. The third-order valence-corrected chi connectivity index (χ3v) is 3.48. The fourth-order valence-corrected chi connectivity index (χ4v) is 2.29. The molecule has 6 nitrogen and oxygen atoms in total. The molecule has 23 heavy (non-hydrogen) atoms. The first-order chi connectivity index (χ1) is 11.1. The molecule has 0 saturated heterocycles. The number of ether oxygens (including phenoxy) is 1. The van der Waals surface area contributed by atoms with Gasteiger partial charge in [0.05, 0.1) is 26.3 Å². The predicted molar refractivity (Wildman–Crippen MR) is 83.2 cm³/mol. The van der Waals surface area contributed by atoms with Crippen molar-refractivity contribution in [2.45, 2.75) is 25.3 Å². The van der Waals surface area contributed by atoms with Crippen LogP contribution >= 0.6 is 0 Å². The lowest BCUT2D eigenvalue weighted by atomic mass is 9.92. The summed E-state index contributed by atoms with van der Waals surface area (Å²) < 4.78 is 10.2. The molecule has 2 N–H and O–H groups in total. The molecular formula is C17H19NO5. The van der Waals surface area contributed by atoms with E-state index in [0.29, 0.717) is 11.5 Å². The summed E-state index contributed by atoms with van der Waals surface area (Å²) in [5.74, 6) is -0.217. The number of nitrogens with one attached hydrogen (secondary N) is 1. The first kappa shape index (κ1) is 16.6. The van der Waals surface area contributed by atoms with Gasteiger partial charge in [0.2, 0.25) is 5.91 Å². The fraction of sp³-hybridized carbons (Fsp3) is 0.294. The molecule has 1 aromatic heterocycles. The van der Waals surface area contributed by atoms with E-state index < -0.39 is 11.9 Å². The average molecular weight is 317 g/mol. The van der Waals surface area contributed by atoms with Crippen molar-refractivity contribution in [2.75, 3.05) is 7.11 Å². The van der Waals surface area contributed by atoms with Crippen molar-refractivity contribution in [1.29, 1.82) is 0 Å². The third kappa shape index (κ3) is 5.18. The minimum atomic E-state index is -0.940. The molecule has 0 aliphatic heterocycles. The average Bonchev–Trinajstić information content (AvgIpc) is 3.05. The second kappa shape index (κ2) is 8.03. The van der Waals surface area contributed by atoms with Crippen LogP contribution in [-0.2, 0) is 16.1 Å². The van der Waals surface area contributed by atoms with Gasteiger partial charge in [0.15, 0.2) is 0 Å². The van der Waals surface area contributed by atoms with E-state index in [1.807, 2.05) is 0 Å². The SMILES string of the molecule is COc1ccc([C@H](CC(=O)O)CC(=O)NCc2ccco2)cc1. The summed E-state index contributed by atoms with van der Waals surface area (Å²) in [5.41, 5.74) is 0.793. The molecule has 1 amide bonds. The molecule has 1 heterocycles. The number of rotatable bonds is 8. The van der Waals surface area contributed by atoms with E-state index in [9.17, 15) is 9.59 Å². The van der Waals surface area contributed by atoms with E-state index in [0.717, 1.165) is 5.56 Å². The van der Waals surface area contributed by atoms with Gasteiger partial charge in [-0.2, -0.15) is 0 Å². The molecule has 0 unspecified atom stereocenters. The van der Waals surface area contributed by atoms with Crippen LogP contribution in [0.5, 0.6) is 5.75 Å². The molecule has 0 bridgehead atoms. The largest absolute Gasteiger partial charge is 0.497 e. The molecule has 0 fully saturated rings. The van der Waals surface area contributed by atoms with Gasteiger partial charge in [-0.15, -0.1) is 0 Å². The zero-order chi connectivity index (χ0) is 16.7. The molecule has 1 atom stereocenters. The van der Waals surface area contributed by atoms with Crippen molar-refractivity contribution in [1.82, 2.24) is 5.32 Å². The highest BCUT2D eigenvalue weighted by molar-refractivity contribution is 5.78. The maximum atomic E-state index is 12.1. The molecule has 0 radical (unpaired) electrons. The molecular weight excluding hydrogens is 298 g/mol. The number of hydrogen-bond acceptors (Lipinski definition) is 4. The van der Waals surface area contributed by atoms with Gasteiger partial charge >= 0.3 is 5.97 Å². The predicted octanol–water partition coefficient (Wildman–Crippen LogP) is 2.55. The Kier molecular flexibility index (Phi) is 5.80. The van der Waals surface area contributed by atoms with Gasteiger partial charge in [0, 0.05) is 12.3 Å². The van der Waals surface area contributed by atoms with E-state index in [1.165, 1.54) is 6.26 Å². The summed E-state index contributed by atoms with van der Waals surface area (Å²) in [6.07, 6.45) is 1.52. The van der Waals surface area contributed by atoms with E-state index in [-0.39, 0.29) is 25.3 Å². The van der Waals surface area contributed by atoms with Crippen LogP contribution in [0.1, 0.15) is 30.1 Å². The van der Waals surface area contributed by atoms with Gasteiger partial charge in [-0.3, -0.25) is 9.59 Å². The number of benzene rings is 1. The van der Waals surface area contributed by atoms with Crippen molar-refractivity contribution in [3.05, 3.63) is 54.0 Å². The van der Waals surface area contributed by atoms with Gasteiger partial charge < -0.3 is 19.6 Å². The smallest absolute Gasteiger partial charge is 0.303 e. The van der Waals surface area contributed by atoms with Crippen LogP contribution < -0.4 is 10.1 Å². The Bertz CT molecular complexity index is 634. The highest BCUT2D eigenvalue weighted by atomic mass is 16.5. The highest BCUT2D eigenvalue weighted by Gasteiger charge is 2.19. The lowest BCUT2D eigenvalue weighted by Crippen LogP contribution is -2.25. The highest BCUT2D eigenvalue weighted by Crippen LogP contribution is 2.25. The fourth-order valence-electron chi connectivity index (χ4n) is 2.29. The second-order valence-corrected chi connectivity index (χ2v) is 5.13. The van der Waals surface area contributed by atoms with Crippen molar-refractivity contribution < 1.29 is 23.8 Å². The van der Waals surface area contributed by atoms with Crippen LogP contribution in [0.4, 0.5) is 0 Å².